The first-order valence-corrected chi connectivity index (χ1v) is 14.0. The number of allylic oxidation sites excluding steroid dienone is 1. The van der Waals surface area contributed by atoms with Crippen LogP contribution in [0.15, 0.2) is 89.7 Å². The number of fused-ring (bicyclic) bond motifs is 1. The number of amides is 1. The highest BCUT2D eigenvalue weighted by Crippen LogP contribution is 2.42. The predicted octanol–water partition coefficient (Wildman–Crippen LogP) is 4.92. The zero-order chi connectivity index (χ0) is 29.6. The normalized spacial score (nSPS) is 15.1. The Morgan fingerprint density at radius 1 is 1.07 bits per heavy atom. The number of aromatic nitrogens is 4. The van der Waals surface area contributed by atoms with Crippen molar-refractivity contribution in [2.45, 2.75) is 33.2 Å². The van der Waals surface area contributed by atoms with Crippen LogP contribution in [0, 0.1) is 6.92 Å². The number of benzene rings is 1. The summed E-state index contributed by atoms with van der Waals surface area (Å²) in [6, 6.07) is 14.3. The molecule has 4 aromatic rings. The second kappa shape index (κ2) is 13.0. The van der Waals surface area contributed by atoms with Crippen molar-refractivity contribution in [3.63, 3.8) is 0 Å². The number of halogens is 1. The van der Waals surface area contributed by atoms with Gasteiger partial charge in [-0.25, -0.2) is 14.8 Å². The molecule has 1 amide bonds. The number of anilines is 1. The van der Waals surface area contributed by atoms with Crippen molar-refractivity contribution >= 4 is 40.3 Å². The largest absolute Gasteiger partial charge is 0.463 e. The molecule has 216 valence electrons. The van der Waals surface area contributed by atoms with Crippen LogP contribution in [0.4, 0.5) is 5.82 Å². The van der Waals surface area contributed by atoms with E-state index in [0.717, 1.165) is 16.9 Å². The van der Waals surface area contributed by atoms with Crippen LogP contribution in [0.5, 0.6) is 0 Å². The van der Waals surface area contributed by atoms with Gasteiger partial charge in [0.05, 0.1) is 48.7 Å². The first-order valence-electron chi connectivity index (χ1n) is 13.6. The van der Waals surface area contributed by atoms with Gasteiger partial charge in [-0.1, -0.05) is 35.9 Å². The molecule has 0 saturated heterocycles. The number of hydrogen-bond donors (Lipinski definition) is 2. The number of carbonyl (C=O) groups excluding carboxylic acids is 2. The Kier molecular flexibility index (Phi) is 8.94. The number of nitrogens with one attached hydrogen (secondary N) is 2. The van der Waals surface area contributed by atoms with Gasteiger partial charge in [-0.05, 0) is 50.6 Å². The van der Waals surface area contributed by atoms with Gasteiger partial charge < -0.3 is 24.7 Å². The Morgan fingerprint density at radius 2 is 1.88 bits per heavy atom. The Hall–Kier alpha value is -4.54. The summed E-state index contributed by atoms with van der Waals surface area (Å²) in [7, 11) is 0. The Balaban J connectivity index is 1.47. The van der Waals surface area contributed by atoms with Crippen LogP contribution in [-0.2, 0) is 25.6 Å². The number of imidazole rings is 1. The SMILES string of the molecule is CCOC(=O)C1=C(COCCn2c(C)nc3cnccc32)NC(C)=C(C(=O)Nc2ccccn2)C1c1ccccc1Cl. The molecule has 2 N–H and O–H groups in total. The summed E-state index contributed by atoms with van der Waals surface area (Å²) in [6.45, 7) is 6.59. The topological polar surface area (TPSA) is 120 Å². The minimum Gasteiger partial charge on any atom is -0.463 e. The van der Waals surface area contributed by atoms with Crippen LogP contribution < -0.4 is 10.6 Å². The third kappa shape index (κ3) is 6.05. The van der Waals surface area contributed by atoms with Crippen LogP contribution in [0.3, 0.4) is 0 Å². The van der Waals surface area contributed by atoms with E-state index in [4.69, 9.17) is 21.1 Å². The van der Waals surface area contributed by atoms with E-state index in [1.54, 1.807) is 68.8 Å². The fourth-order valence-electron chi connectivity index (χ4n) is 5.12. The number of esters is 1. The summed E-state index contributed by atoms with van der Waals surface area (Å²) in [5.41, 5.74) is 4.03. The summed E-state index contributed by atoms with van der Waals surface area (Å²) < 4.78 is 13.7. The molecule has 10 nitrogen and oxygen atoms in total. The average molecular weight is 587 g/mol. The van der Waals surface area contributed by atoms with Gasteiger partial charge in [-0.3, -0.25) is 9.78 Å². The maximum Gasteiger partial charge on any atom is 0.336 e. The Bertz CT molecular complexity index is 1680. The van der Waals surface area contributed by atoms with E-state index in [1.165, 1.54) is 0 Å². The molecule has 0 radical (unpaired) electrons. The van der Waals surface area contributed by atoms with E-state index in [9.17, 15) is 9.59 Å². The second-order valence-corrected chi connectivity index (χ2v) is 10.0. The number of pyridine rings is 2. The number of ether oxygens (including phenoxy) is 2. The molecule has 1 aliphatic rings. The average Bonchev–Trinajstić information content (AvgIpc) is 3.30. The molecule has 5 rings (SSSR count). The molecular weight excluding hydrogens is 556 g/mol. The molecule has 1 atom stereocenters. The molecule has 42 heavy (non-hydrogen) atoms. The van der Waals surface area contributed by atoms with Crippen molar-refractivity contribution in [1.29, 1.82) is 0 Å². The highest BCUT2D eigenvalue weighted by atomic mass is 35.5. The van der Waals surface area contributed by atoms with Crippen molar-refractivity contribution in [2.75, 3.05) is 25.1 Å². The number of dihydropyridines is 1. The number of carbonyl (C=O) groups is 2. The lowest BCUT2D eigenvalue weighted by Gasteiger charge is -2.32. The van der Waals surface area contributed by atoms with E-state index < -0.39 is 17.8 Å². The molecule has 1 aromatic carbocycles. The quantitative estimate of drug-likeness (QED) is 0.198. The van der Waals surface area contributed by atoms with E-state index >= 15 is 0 Å². The predicted molar refractivity (Wildman–Crippen MR) is 160 cm³/mol. The Labute approximate surface area is 248 Å². The first-order chi connectivity index (χ1) is 20.4. The molecular formula is C31H31ClN6O4. The van der Waals surface area contributed by atoms with Gasteiger partial charge >= 0.3 is 5.97 Å². The summed E-state index contributed by atoms with van der Waals surface area (Å²) >= 11 is 6.67. The Morgan fingerprint density at radius 3 is 2.64 bits per heavy atom. The van der Waals surface area contributed by atoms with E-state index in [2.05, 4.69) is 30.2 Å². The van der Waals surface area contributed by atoms with E-state index in [1.807, 2.05) is 19.1 Å². The smallest absolute Gasteiger partial charge is 0.336 e. The monoisotopic (exact) mass is 586 g/mol. The molecule has 0 saturated carbocycles. The molecule has 0 fully saturated rings. The first kappa shape index (κ1) is 29.0. The zero-order valence-electron chi connectivity index (χ0n) is 23.6. The maximum atomic E-state index is 13.7. The lowest BCUT2D eigenvalue weighted by molar-refractivity contribution is -0.138. The van der Waals surface area contributed by atoms with Gasteiger partial charge in [-0.2, -0.15) is 0 Å². The molecule has 4 heterocycles. The van der Waals surface area contributed by atoms with Gasteiger partial charge in [0.2, 0.25) is 0 Å². The highest BCUT2D eigenvalue weighted by molar-refractivity contribution is 6.31. The van der Waals surface area contributed by atoms with Gasteiger partial charge in [0, 0.05) is 35.2 Å². The highest BCUT2D eigenvalue weighted by Gasteiger charge is 2.39. The van der Waals surface area contributed by atoms with Crippen LogP contribution >= 0.6 is 11.6 Å². The molecule has 3 aromatic heterocycles. The van der Waals surface area contributed by atoms with E-state index in [-0.39, 0.29) is 18.8 Å². The van der Waals surface area contributed by atoms with Crippen molar-refractivity contribution in [3.8, 4) is 0 Å². The number of hydrogen-bond acceptors (Lipinski definition) is 8. The summed E-state index contributed by atoms with van der Waals surface area (Å²) in [5.74, 6) is -0.552. The van der Waals surface area contributed by atoms with Crippen molar-refractivity contribution in [3.05, 3.63) is 106 Å². The molecule has 0 aliphatic carbocycles. The second-order valence-electron chi connectivity index (χ2n) is 9.63. The minimum atomic E-state index is -0.811. The maximum absolute atomic E-state index is 13.7. The number of aryl methyl sites for hydroxylation is 1. The van der Waals surface area contributed by atoms with E-state index in [0.29, 0.717) is 46.5 Å². The lowest BCUT2D eigenvalue weighted by Crippen LogP contribution is -2.36. The molecule has 11 heteroatoms. The number of rotatable bonds is 10. The van der Waals surface area contributed by atoms with Crippen molar-refractivity contribution in [2.24, 2.45) is 0 Å². The standard InChI is InChI=1S/C31H31ClN6O4/c1-4-42-31(40)29-24(18-41-16-15-38-20(3)36-23-17-33-14-12-25(23)38)35-19(2)27(28(29)21-9-5-6-10-22(21)32)30(39)37-26-11-7-8-13-34-26/h5-14,17,28,35H,4,15-16,18H2,1-3H3,(H,34,37,39). The number of nitrogens with zero attached hydrogens (tertiary/aromatic N) is 4. The molecule has 0 spiro atoms. The summed E-state index contributed by atoms with van der Waals surface area (Å²) in [6.07, 6.45) is 5.05. The molecule has 0 bridgehead atoms. The fourth-order valence-corrected chi connectivity index (χ4v) is 5.36. The van der Waals surface area contributed by atoms with Crippen molar-refractivity contribution < 1.29 is 19.1 Å². The molecule has 1 aliphatic heterocycles. The van der Waals surface area contributed by atoms with Gasteiger partial charge in [0.25, 0.3) is 5.91 Å². The lowest BCUT2D eigenvalue weighted by atomic mass is 9.79. The van der Waals surface area contributed by atoms with Gasteiger partial charge in [0.15, 0.2) is 0 Å². The van der Waals surface area contributed by atoms with Crippen LogP contribution in [0.2, 0.25) is 5.02 Å². The van der Waals surface area contributed by atoms with Gasteiger partial charge in [-0.15, -0.1) is 0 Å². The molecule has 1 unspecified atom stereocenters. The van der Waals surface area contributed by atoms with Crippen LogP contribution in [0.25, 0.3) is 11.0 Å². The summed E-state index contributed by atoms with van der Waals surface area (Å²) in [4.78, 5) is 40.2. The fraction of sp³-hybridized carbons (Fsp3) is 0.258. The third-order valence-electron chi connectivity index (χ3n) is 6.95. The minimum absolute atomic E-state index is 0.0782. The van der Waals surface area contributed by atoms with Crippen LogP contribution in [-0.4, -0.2) is 51.2 Å². The van der Waals surface area contributed by atoms with Gasteiger partial charge in [0.1, 0.15) is 17.2 Å². The third-order valence-corrected chi connectivity index (χ3v) is 7.30. The summed E-state index contributed by atoms with van der Waals surface area (Å²) in [5, 5.41) is 6.52. The van der Waals surface area contributed by atoms with Crippen LogP contribution in [0.1, 0.15) is 31.2 Å². The zero-order valence-corrected chi connectivity index (χ0v) is 24.3. The van der Waals surface area contributed by atoms with Crippen molar-refractivity contribution in [1.82, 2.24) is 24.8 Å².